The van der Waals surface area contributed by atoms with Crippen LogP contribution in [0.2, 0.25) is 0 Å². The highest BCUT2D eigenvalue weighted by Gasteiger charge is 2.27. The minimum atomic E-state index is 0. The number of amides is 1. The monoisotopic (exact) mass is 296 g/mol. The Labute approximate surface area is 118 Å². The van der Waals surface area contributed by atoms with Gasteiger partial charge in [-0.3, -0.25) is 4.79 Å². The summed E-state index contributed by atoms with van der Waals surface area (Å²) < 4.78 is 0. The molecule has 2 fully saturated rings. The molecule has 0 saturated carbocycles. The highest BCUT2D eigenvalue weighted by Crippen LogP contribution is 2.24. The average Bonchev–Trinajstić information content (AvgIpc) is 2.33. The van der Waals surface area contributed by atoms with E-state index in [-0.39, 0.29) is 23.6 Å². The van der Waals surface area contributed by atoms with E-state index in [4.69, 9.17) is 0 Å². The molecule has 1 amide bonds. The fraction of sp³-hybridized carbons (Fsp3) is 0.909. The summed E-state index contributed by atoms with van der Waals surface area (Å²) in [6.45, 7) is 3.24. The van der Waals surface area contributed by atoms with Gasteiger partial charge in [0.1, 0.15) is 0 Å². The molecular formula is C11H21ClN2OS2. The van der Waals surface area contributed by atoms with E-state index < -0.39 is 0 Å². The number of piperidine rings is 1. The molecule has 0 bridgehead atoms. The summed E-state index contributed by atoms with van der Waals surface area (Å²) in [6, 6.07) is 0.743. The van der Waals surface area contributed by atoms with Gasteiger partial charge in [-0.25, -0.2) is 0 Å². The number of hydrogen-bond donors (Lipinski definition) is 2. The molecule has 0 aliphatic carbocycles. The van der Waals surface area contributed by atoms with Crippen molar-refractivity contribution >= 4 is 41.8 Å². The summed E-state index contributed by atoms with van der Waals surface area (Å²) in [5.74, 6) is 3.53. The van der Waals surface area contributed by atoms with Crippen molar-refractivity contribution in [3.8, 4) is 0 Å². The van der Waals surface area contributed by atoms with Gasteiger partial charge in [0.15, 0.2) is 0 Å². The van der Waals surface area contributed by atoms with Crippen LogP contribution in [0.5, 0.6) is 0 Å². The van der Waals surface area contributed by atoms with Gasteiger partial charge < -0.3 is 10.6 Å². The number of thioether (sulfide) groups is 2. The molecule has 0 aromatic carbocycles. The van der Waals surface area contributed by atoms with Crippen molar-refractivity contribution < 1.29 is 4.79 Å². The maximum Gasteiger partial charge on any atom is 0.234 e. The van der Waals surface area contributed by atoms with Gasteiger partial charge >= 0.3 is 0 Å². The van der Waals surface area contributed by atoms with Gasteiger partial charge in [-0.05, 0) is 26.3 Å². The van der Waals surface area contributed by atoms with Crippen molar-refractivity contribution in [1.29, 1.82) is 0 Å². The quantitative estimate of drug-likeness (QED) is 0.811. The zero-order chi connectivity index (χ0) is 11.4. The minimum absolute atomic E-state index is 0. The lowest BCUT2D eigenvalue weighted by Gasteiger charge is -2.32. The molecule has 2 rings (SSSR count). The summed E-state index contributed by atoms with van der Waals surface area (Å²) in [4.78, 5) is 12.0. The molecule has 0 aromatic heterocycles. The molecule has 3 atom stereocenters. The van der Waals surface area contributed by atoms with E-state index in [1.165, 1.54) is 12.2 Å². The van der Waals surface area contributed by atoms with Crippen LogP contribution < -0.4 is 10.6 Å². The molecule has 2 saturated heterocycles. The van der Waals surface area contributed by atoms with Gasteiger partial charge in [-0.2, -0.15) is 11.8 Å². The Morgan fingerprint density at radius 3 is 2.88 bits per heavy atom. The van der Waals surface area contributed by atoms with Crippen molar-refractivity contribution in [2.24, 2.45) is 0 Å². The fourth-order valence-electron chi connectivity index (χ4n) is 2.16. The molecule has 2 aliphatic heterocycles. The van der Waals surface area contributed by atoms with Gasteiger partial charge in [0.2, 0.25) is 5.91 Å². The van der Waals surface area contributed by atoms with E-state index in [2.05, 4.69) is 17.6 Å². The van der Waals surface area contributed by atoms with Crippen molar-refractivity contribution in [2.45, 2.75) is 37.1 Å². The third-order valence-corrected chi connectivity index (χ3v) is 5.95. The first-order chi connectivity index (χ1) is 7.77. The molecule has 2 heterocycles. The van der Waals surface area contributed by atoms with Gasteiger partial charge in [-0.15, -0.1) is 24.2 Å². The Balaban J connectivity index is 0.00000144. The van der Waals surface area contributed by atoms with E-state index >= 15 is 0 Å². The molecule has 0 spiro atoms. The van der Waals surface area contributed by atoms with E-state index in [1.807, 2.05) is 23.5 Å². The molecule has 2 N–H and O–H groups in total. The number of nitrogens with one attached hydrogen (secondary N) is 2. The van der Waals surface area contributed by atoms with Crippen LogP contribution >= 0.6 is 35.9 Å². The molecule has 0 radical (unpaired) electrons. The van der Waals surface area contributed by atoms with Gasteiger partial charge in [0.05, 0.1) is 5.25 Å². The maximum absolute atomic E-state index is 12.0. The second-order valence-corrected chi connectivity index (χ2v) is 6.89. The fourth-order valence-corrected chi connectivity index (χ4v) is 4.72. The average molecular weight is 297 g/mol. The number of hydrogen-bond acceptors (Lipinski definition) is 4. The summed E-state index contributed by atoms with van der Waals surface area (Å²) >= 11 is 3.70. The highest BCUT2D eigenvalue weighted by atomic mass is 35.5. The van der Waals surface area contributed by atoms with Crippen LogP contribution in [0, 0.1) is 0 Å². The van der Waals surface area contributed by atoms with E-state index in [1.54, 1.807) is 0 Å². The van der Waals surface area contributed by atoms with E-state index in [0.29, 0.717) is 12.1 Å². The van der Waals surface area contributed by atoms with Crippen LogP contribution in [0.4, 0.5) is 0 Å². The third kappa shape index (κ3) is 4.54. The molecular weight excluding hydrogens is 276 g/mol. The summed E-state index contributed by atoms with van der Waals surface area (Å²) in [5, 5.41) is 6.79. The SMILES string of the molecule is CC1NCCCC1NC(=O)C1CSCCS1.Cl. The van der Waals surface area contributed by atoms with Crippen LogP contribution in [0.15, 0.2) is 0 Å². The van der Waals surface area contributed by atoms with Crippen LogP contribution in [-0.2, 0) is 4.79 Å². The Kier molecular flexibility index (Phi) is 7.07. The van der Waals surface area contributed by atoms with Gasteiger partial charge in [-0.1, -0.05) is 0 Å². The Hall–Kier alpha value is 0.420. The lowest BCUT2D eigenvalue weighted by molar-refractivity contribution is -0.121. The standard InChI is InChI=1S/C11H20N2OS2.ClH/c1-8-9(3-2-4-12-8)13-11(14)10-7-15-5-6-16-10;/h8-10,12H,2-7H2,1H3,(H,13,14);1H. The smallest absolute Gasteiger partial charge is 0.234 e. The molecule has 2 aliphatic rings. The third-order valence-electron chi connectivity index (χ3n) is 3.20. The van der Waals surface area contributed by atoms with Crippen molar-refractivity contribution in [3.63, 3.8) is 0 Å². The largest absolute Gasteiger partial charge is 0.351 e. The van der Waals surface area contributed by atoms with Crippen LogP contribution in [0.3, 0.4) is 0 Å². The molecule has 3 unspecified atom stereocenters. The van der Waals surface area contributed by atoms with E-state index in [9.17, 15) is 4.79 Å². The van der Waals surface area contributed by atoms with Crippen LogP contribution in [-0.4, -0.2) is 47.0 Å². The molecule has 3 nitrogen and oxygen atoms in total. The first-order valence-electron chi connectivity index (χ1n) is 6.00. The lowest BCUT2D eigenvalue weighted by atomic mass is 10.00. The predicted octanol–water partition coefficient (Wildman–Crippen LogP) is 1.51. The van der Waals surface area contributed by atoms with E-state index in [0.717, 1.165) is 24.5 Å². The molecule has 0 aromatic rings. The summed E-state index contributed by atoms with van der Waals surface area (Å²) in [7, 11) is 0. The summed E-state index contributed by atoms with van der Waals surface area (Å²) in [6.07, 6.45) is 2.28. The number of carbonyl (C=O) groups excluding carboxylic acids is 1. The molecule has 6 heteroatoms. The highest BCUT2D eigenvalue weighted by molar-refractivity contribution is 8.07. The van der Waals surface area contributed by atoms with Crippen molar-refractivity contribution in [2.75, 3.05) is 23.8 Å². The van der Waals surface area contributed by atoms with Crippen molar-refractivity contribution in [1.82, 2.24) is 10.6 Å². The lowest BCUT2D eigenvalue weighted by Crippen LogP contribution is -2.54. The topological polar surface area (TPSA) is 41.1 Å². The van der Waals surface area contributed by atoms with Crippen LogP contribution in [0.25, 0.3) is 0 Å². The van der Waals surface area contributed by atoms with Crippen molar-refractivity contribution in [3.05, 3.63) is 0 Å². The first-order valence-corrected chi connectivity index (χ1v) is 8.21. The van der Waals surface area contributed by atoms with Gasteiger partial charge in [0, 0.05) is 29.3 Å². The Morgan fingerprint density at radius 2 is 2.24 bits per heavy atom. The number of rotatable bonds is 2. The molecule has 100 valence electrons. The van der Waals surface area contributed by atoms with Crippen LogP contribution in [0.1, 0.15) is 19.8 Å². The number of halogens is 1. The Bertz CT molecular complexity index is 250. The number of carbonyl (C=O) groups is 1. The zero-order valence-corrected chi connectivity index (χ0v) is 12.6. The second kappa shape index (κ2) is 7.77. The van der Waals surface area contributed by atoms with Gasteiger partial charge in [0.25, 0.3) is 0 Å². The maximum atomic E-state index is 12.0. The second-order valence-electron chi connectivity index (χ2n) is 4.43. The first kappa shape index (κ1) is 15.5. The molecule has 17 heavy (non-hydrogen) atoms. The summed E-state index contributed by atoms with van der Waals surface area (Å²) in [5.41, 5.74) is 0. The minimum Gasteiger partial charge on any atom is -0.351 e. The Morgan fingerprint density at radius 1 is 1.41 bits per heavy atom. The zero-order valence-electron chi connectivity index (χ0n) is 10.1. The normalized spacial score (nSPS) is 33.6. The predicted molar refractivity (Wildman–Crippen MR) is 79.4 cm³/mol.